The zero-order valence-electron chi connectivity index (χ0n) is 11.7. The van der Waals surface area contributed by atoms with Crippen molar-refractivity contribution in [2.45, 2.75) is 49.7 Å². The Morgan fingerprint density at radius 2 is 1.90 bits per heavy atom. The SMILES string of the molecule is CCCCCCCCNC(=O)c1csc(S(N)(=O)=O)c1. The van der Waals surface area contributed by atoms with Crippen molar-refractivity contribution in [2.75, 3.05) is 6.54 Å². The Morgan fingerprint density at radius 1 is 1.25 bits per heavy atom. The van der Waals surface area contributed by atoms with Crippen LogP contribution in [-0.2, 0) is 10.0 Å². The highest BCUT2D eigenvalue weighted by Gasteiger charge is 2.14. The molecule has 1 amide bonds. The van der Waals surface area contributed by atoms with Crippen molar-refractivity contribution in [3.8, 4) is 0 Å². The fraction of sp³-hybridized carbons (Fsp3) is 0.615. The maximum atomic E-state index is 11.8. The number of sulfonamides is 1. The second-order valence-electron chi connectivity index (χ2n) is 4.72. The molecule has 1 aromatic rings. The molecule has 0 spiro atoms. The molecule has 1 aromatic heterocycles. The highest BCUT2D eigenvalue weighted by molar-refractivity contribution is 7.91. The molecule has 0 unspecified atom stereocenters. The minimum absolute atomic E-state index is 0.0159. The number of hydrogen-bond donors (Lipinski definition) is 2. The molecule has 5 nitrogen and oxygen atoms in total. The quantitative estimate of drug-likeness (QED) is 0.685. The summed E-state index contributed by atoms with van der Waals surface area (Å²) < 4.78 is 22.2. The van der Waals surface area contributed by atoms with E-state index in [0.717, 1.165) is 24.2 Å². The van der Waals surface area contributed by atoms with Crippen LogP contribution in [0.5, 0.6) is 0 Å². The standard InChI is InChI=1S/C13H22N2O3S2/c1-2-3-4-5-6-7-8-15-13(16)11-9-12(19-10-11)20(14,17)18/h9-10H,2-8H2,1H3,(H,15,16)(H2,14,17,18). The van der Waals surface area contributed by atoms with E-state index in [2.05, 4.69) is 12.2 Å². The maximum absolute atomic E-state index is 11.8. The summed E-state index contributed by atoms with van der Waals surface area (Å²) in [7, 11) is -3.72. The van der Waals surface area contributed by atoms with E-state index in [-0.39, 0.29) is 10.1 Å². The first-order valence-corrected chi connectivity index (χ1v) is 9.27. The lowest BCUT2D eigenvalue weighted by Crippen LogP contribution is -2.24. The molecule has 20 heavy (non-hydrogen) atoms. The molecule has 0 saturated heterocycles. The third-order valence-electron chi connectivity index (χ3n) is 2.93. The Hall–Kier alpha value is -0.920. The number of hydrogen-bond acceptors (Lipinski definition) is 4. The lowest BCUT2D eigenvalue weighted by Gasteiger charge is -2.03. The first-order valence-electron chi connectivity index (χ1n) is 6.84. The number of nitrogens with one attached hydrogen (secondary N) is 1. The van der Waals surface area contributed by atoms with E-state index in [9.17, 15) is 13.2 Å². The van der Waals surface area contributed by atoms with E-state index in [0.29, 0.717) is 12.1 Å². The first kappa shape index (κ1) is 17.1. The van der Waals surface area contributed by atoms with Gasteiger partial charge < -0.3 is 5.32 Å². The Kier molecular flexibility index (Phi) is 7.18. The zero-order valence-corrected chi connectivity index (χ0v) is 13.4. The molecule has 7 heteroatoms. The van der Waals surface area contributed by atoms with Crippen molar-refractivity contribution in [2.24, 2.45) is 5.14 Å². The molecule has 0 aliphatic carbocycles. The monoisotopic (exact) mass is 318 g/mol. The Balaban J connectivity index is 2.28. The van der Waals surface area contributed by atoms with Crippen LogP contribution in [0, 0.1) is 0 Å². The maximum Gasteiger partial charge on any atom is 0.252 e. The molecular formula is C13H22N2O3S2. The molecule has 0 radical (unpaired) electrons. The fourth-order valence-electron chi connectivity index (χ4n) is 1.79. The van der Waals surface area contributed by atoms with Crippen molar-refractivity contribution in [1.82, 2.24) is 5.32 Å². The second kappa shape index (κ2) is 8.39. The van der Waals surface area contributed by atoms with E-state index < -0.39 is 10.0 Å². The van der Waals surface area contributed by atoms with E-state index in [1.165, 1.54) is 37.1 Å². The van der Waals surface area contributed by atoms with E-state index in [4.69, 9.17) is 5.14 Å². The van der Waals surface area contributed by atoms with Crippen LogP contribution in [0.15, 0.2) is 15.7 Å². The molecule has 3 N–H and O–H groups in total. The van der Waals surface area contributed by atoms with Gasteiger partial charge >= 0.3 is 0 Å². The molecule has 0 bridgehead atoms. The summed E-state index contributed by atoms with van der Waals surface area (Å²) in [6.45, 7) is 2.79. The number of nitrogens with two attached hydrogens (primary N) is 1. The van der Waals surface area contributed by atoms with Gasteiger partial charge in [-0.3, -0.25) is 4.79 Å². The molecule has 0 atom stereocenters. The summed E-state index contributed by atoms with van der Waals surface area (Å²) in [6, 6.07) is 1.32. The largest absolute Gasteiger partial charge is 0.352 e. The number of unbranched alkanes of at least 4 members (excludes halogenated alkanes) is 5. The molecule has 0 aromatic carbocycles. The predicted octanol–water partition coefficient (Wildman–Crippen LogP) is 2.49. The van der Waals surface area contributed by atoms with Crippen LogP contribution in [0.1, 0.15) is 55.8 Å². The summed E-state index contributed by atoms with van der Waals surface area (Å²) >= 11 is 0.964. The molecule has 0 aliphatic heterocycles. The van der Waals surface area contributed by atoms with Gasteiger partial charge in [-0.05, 0) is 12.5 Å². The average molecular weight is 318 g/mol. The third kappa shape index (κ3) is 6.02. The lowest BCUT2D eigenvalue weighted by atomic mass is 10.1. The van der Waals surface area contributed by atoms with Crippen LogP contribution in [0.25, 0.3) is 0 Å². The summed E-state index contributed by atoms with van der Waals surface area (Å²) in [5, 5.41) is 9.30. The highest BCUT2D eigenvalue weighted by Crippen LogP contribution is 2.18. The molecule has 0 aliphatic rings. The van der Waals surface area contributed by atoms with E-state index in [1.807, 2.05) is 0 Å². The van der Waals surface area contributed by atoms with Gasteiger partial charge in [0, 0.05) is 11.9 Å². The number of carbonyl (C=O) groups excluding carboxylic acids is 1. The summed E-state index contributed by atoms with van der Waals surface area (Å²) in [6.07, 6.45) is 6.97. The van der Waals surface area contributed by atoms with Crippen molar-refractivity contribution in [3.05, 3.63) is 17.0 Å². The number of carbonyl (C=O) groups is 1. The van der Waals surface area contributed by atoms with Gasteiger partial charge in [-0.1, -0.05) is 39.0 Å². The van der Waals surface area contributed by atoms with Gasteiger partial charge in [0.05, 0.1) is 5.56 Å². The van der Waals surface area contributed by atoms with Crippen LogP contribution < -0.4 is 10.5 Å². The molecule has 1 heterocycles. The number of primary sulfonamides is 1. The van der Waals surface area contributed by atoms with E-state index in [1.54, 1.807) is 0 Å². The number of amides is 1. The van der Waals surface area contributed by atoms with Gasteiger partial charge in [0.2, 0.25) is 10.0 Å². The van der Waals surface area contributed by atoms with Crippen LogP contribution in [0.4, 0.5) is 0 Å². The smallest absolute Gasteiger partial charge is 0.252 e. The third-order valence-corrected chi connectivity index (χ3v) is 5.32. The molecule has 0 fully saturated rings. The second-order valence-corrected chi connectivity index (χ2v) is 7.42. The number of thiophene rings is 1. The van der Waals surface area contributed by atoms with Gasteiger partial charge in [0.1, 0.15) is 4.21 Å². The van der Waals surface area contributed by atoms with Crippen LogP contribution in [0.2, 0.25) is 0 Å². The number of rotatable bonds is 9. The topological polar surface area (TPSA) is 89.3 Å². The van der Waals surface area contributed by atoms with Crippen LogP contribution in [0.3, 0.4) is 0 Å². The Labute approximate surface area is 124 Å². The molecule has 1 rings (SSSR count). The Morgan fingerprint density at radius 3 is 2.50 bits per heavy atom. The fourth-order valence-corrected chi connectivity index (χ4v) is 3.38. The minimum Gasteiger partial charge on any atom is -0.352 e. The summed E-state index contributed by atoms with van der Waals surface area (Å²) in [5.74, 6) is -0.246. The van der Waals surface area contributed by atoms with Gasteiger partial charge in [-0.2, -0.15) is 0 Å². The van der Waals surface area contributed by atoms with Crippen molar-refractivity contribution >= 4 is 27.3 Å². The lowest BCUT2D eigenvalue weighted by molar-refractivity contribution is 0.0953. The molecule has 0 saturated carbocycles. The summed E-state index contributed by atoms with van der Waals surface area (Å²) in [5.41, 5.74) is 0.352. The van der Waals surface area contributed by atoms with Crippen LogP contribution in [-0.4, -0.2) is 20.9 Å². The van der Waals surface area contributed by atoms with Crippen molar-refractivity contribution < 1.29 is 13.2 Å². The average Bonchev–Trinajstić information content (AvgIpc) is 2.87. The summed E-state index contributed by atoms with van der Waals surface area (Å²) in [4.78, 5) is 11.8. The van der Waals surface area contributed by atoms with Gasteiger partial charge in [0.25, 0.3) is 5.91 Å². The Bertz CT molecular complexity index is 523. The first-order chi connectivity index (χ1) is 9.45. The minimum atomic E-state index is -3.72. The van der Waals surface area contributed by atoms with Crippen molar-refractivity contribution in [3.63, 3.8) is 0 Å². The zero-order chi connectivity index (χ0) is 15.0. The van der Waals surface area contributed by atoms with Gasteiger partial charge in [-0.15, -0.1) is 11.3 Å². The van der Waals surface area contributed by atoms with Crippen molar-refractivity contribution in [1.29, 1.82) is 0 Å². The molecule has 114 valence electrons. The van der Waals surface area contributed by atoms with Gasteiger partial charge in [-0.25, -0.2) is 13.6 Å². The molecular weight excluding hydrogens is 296 g/mol. The van der Waals surface area contributed by atoms with Gasteiger partial charge in [0.15, 0.2) is 0 Å². The highest BCUT2D eigenvalue weighted by atomic mass is 32.2. The predicted molar refractivity (Wildman–Crippen MR) is 81.4 cm³/mol. The van der Waals surface area contributed by atoms with E-state index >= 15 is 0 Å². The normalized spacial score (nSPS) is 11.5. The van der Waals surface area contributed by atoms with Crippen LogP contribution >= 0.6 is 11.3 Å².